The van der Waals surface area contributed by atoms with Crippen molar-refractivity contribution < 1.29 is 14.7 Å². The minimum absolute atomic E-state index is 0.223. The number of carbonyl (C=O) groups excluding carboxylic acids is 1. The van der Waals surface area contributed by atoms with Crippen molar-refractivity contribution in [2.75, 3.05) is 12.8 Å². The van der Waals surface area contributed by atoms with Crippen molar-refractivity contribution in [3.8, 4) is 0 Å². The number of hydrogen-bond acceptors (Lipinski definition) is 3. The van der Waals surface area contributed by atoms with Gasteiger partial charge in [0.25, 0.3) is 0 Å². The van der Waals surface area contributed by atoms with E-state index in [2.05, 4.69) is 16.9 Å². The quantitative estimate of drug-likeness (QED) is 0.720. The summed E-state index contributed by atoms with van der Waals surface area (Å²) in [5.74, 6) is -0.789. The number of urea groups is 1. The van der Waals surface area contributed by atoms with Gasteiger partial charge in [0.05, 0.1) is 5.41 Å². The van der Waals surface area contributed by atoms with E-state index in [0.717, 1.165) is 25.7 Å². The third-order valence-electron chi connectivity index (χ3n) is 4.40. The topological polar surface area (TPSA) is 78.4 Å². The average molecular weight is 286 g/mol. The summed E-state index contributed by atoms with van der Waals surface area (Å²) < 4.78 is 0. The molecule has 2 aliphatic rings. The number of hydrogen-bond donors (Lipinski definition) is 3. The molecule has 0 bridgehead atoms. The molecule has 19 heavy (non-hydrogen) atoms. The van der Waals surface area contributed by atoms with Crippen LogP contribution in [0.15, 0.2) is 0 Å². The number of thioether (sulfide) groups is 1. The predicted molar refractivity (Wildman–Crippen MR) is 75.4 cm³/mol. The Morgan fingerprint density at radius 2 is 2.11 bits per heavy atom. The molecule has 0 spiro atoms. The van der Waals surface area contributed by atoms with Crippen molar-refractivity contribution in [3.63, 3.8) is 0 Å². The molecule has 2 rings (SSSR count). The van der Waals surface area contributed by atoms with Crippen molar-refractivity contribution in [1.29, 1.82) is 0 Å². The molecule has 0 aromatic carbocycles. The molecule has 2 aliphatic carbocycles. The first-order chi connectivity index (χ1) is 9.05. The molecule has 0 aliphatic heterocycles. The van der Waals surface area contributed by atoms with Crippen LogP contribution in [0.5, 0.6) is 0 Å². The summed E-state index contributed by atoms with van der Waals surface area (Å²) >= 11 is 1.85. The van der Waals surface area contributed by atoms with Gasteiger partial charge in [-0.1, -0.05) is 6.42 Å². The van der Waals surface area contributed by atoms with E-state index >= 15 is 0 Å². The van der Waals surface area contributed by atoms with Crippen LogP contribution in [-0.4, -0.2) is 41.2 Å². The van der Waals surface area contributed by atoms with Gasteiger partial charge in [-0.25, -0.2) is 4.79 Å². The van der Waals surface area contributed by atoms with Crippen molar-refractivity contribution >= 4 is 23.8 Å². The fourth-order valence-corrected chi connectivity index (χ4v) is 3.64. The molecule has 0 saturated heterocycles. The maximum Gasteiger partial charge on any atom is 0.315 e. The molecular formula is C13H22N2O3S. The van der Waals surface area contributed by atoms with Gasteiger partial charge in [0.2, 0.25) is 0 Å². The van der Waals surface area contributed by atoms with Gasteiger partial charge in [-0.05, 0) is 38.4 Å². The van der Waals surface area contributed by atoms with E-state index in [1.54, 1.807) is 0 Å². The van der Waals surface area contributed by atoms with Crippen LogP contribution in [0.2, 0.25) is 0 Å². The lowest BCUT2D eigenvalue weighted by atomic mass is 9.69. The normalized spacial score (nSPS) is 28.5. The number of nitrogens with one attached hydrogen (secondary N) is 2. The van der Waals surface area contributed by atoms with E-state index in [4.69, 9.17) is 0 Å². The first-order valence-electron chi connectivity index (χ1n) is 6.86. The highest BCUT2D eigenvalue weighted by Crippen LogP contribution is 2.40. The predicted octanol–water partition coefficient (Wildman–Crippen LogP) is 1.82. The Bertz CT molecular complexity index is 358. The van der Waals surface area contributed by atoms with Gasteiger partial charge in [-0.15, -0.1) is 0 Å². The highest BCUT2D eigenvalue weighted by atomic mass is 32.2. The Kier molecular flexibility index (Phi) is 4.60. The summed E-state index contributed by atoms with van der Waals surface area (Å²) in [6.07, 6.45) is 7.54. The van der Waals surface area contributed by atoms with Crippen LogP contribution in [0, 0.1) is 5.41 Å². The molecule has 5 nitrogen and oxygen atoms in total. The lowest BCUT2D eigenvalue weighted by Crippen LogP contribution is -2.51. The number of amides is 2. The average Bonchev–Trinajstić information content (AvgIpc) is 2.74. The fraction of sp³-hybridized carbons (Fsp3) is 0.846. The van der Waals surface area contributed by atoms with Crippen LogP contribution in [-0.2, 0) is 4.79 Å². The maximum absolute atomic E-state index is 11.8. The van der Waals surface area contributed by atoms with Gasteiger partial charge in [0.1, 0.15) is 0 Å². The van der Waals surface area contributed by atoms with E-state index < -0.39 is 11.4 Å². The number of carbonyl (C=O) groups is 2. The van der Waals surface area contributed by atoms with Gasteiger partial charge in [0.15, 0.2) is 0 Å². The van der Waals surface area contributed by atoms with Gasteiger partial charge >= 0.3 is 12.0 Å². The zero-order chi connectivity index (χ0) is 13.9. The van der Waals surface area contributed by atoms with Crippen molar-refractivity contribution in [3.05, 3.63) is 0 Å². The van der Waals surface area contributed by atoms with Crippen molar-refractivity contribution in [2.24, 2.45) is 5.41 Å². The Balaban J connectivity index is 1.72. The maximum atomic E-state index is 11.8. The molecule has 2 amide bonds. The lowest BCUT2D eigenvalue weighted by Gasteiger charge is -2.37. The van der Waals surface area contributed by atoms with Crippen LogP contribution >= 0.6 is 11.8 Å². The number of carboxylic acid groups (broad SMARTS) is 1. The fourth-order valence-electron chi connectivity index (χ4n) is 2.84. The molecule has 3 N–H and O–H groups in total. The Morgan fingerprint density at radius 1 is 1.37 bits per heavy atom. The minimum atomic E-state index is -0.789. The standard InChI is InChI=1S/C13H22N2O3S/c1-19-10-4-3-9(7-10)15-12(18)14-8-13(11(16)17)5-2-6-13/h9-10H,2-8H2,1H3,(H,16,17)(H2,14,15,18). The molecule has 0 aromatic heterocycles. The molecule has 0 heterocycles. The second-order valence-electron chi connectivity index (χ2n) is 5.63. The second kappa shape index (κ2) is 6.03. The number of aliphatic carboxylic acids is 1. The molecule has 2 saturated carbocycles. The summed E-state index contributed by atoms with van der Waals surface area (Å²) in [5.41, 5.74) is -0.713. The Labute approximate surface area is 117 Å². The first kappa shape index (κ1) is 14.5. The van der Waals surface area contributed by atoms with Gasteiger partial charge < -0.3 is 15.7 Å². The van der Waals surface area contributed by atoms with Crippen molar-refractivity contribution in [1.82, 2.24) is 10.6 Å². The molecule has 0 aromatic rings. The summed E-state index contributed by atoms with van der Waals surface area (Å²) in [6, 6.07) is 0.0129. The van der Waals surface area contributed by atoms with Gasteiger partial charge in [-0.3, -0.25) is 4.79 Å². The number of rotatable bonds is 5. The van der Waals surface area contributed by atoms with Crippen LogP contribution in [0.25, 0.3) is 0 Å². The van der Waals surface area contributed by atoms with Crippen LogP contribution in [0.4, 0.5) is 4.79 Å². The van der Waals surface area contributed by atoms with Crippen LogP contribution in [0.3, 0.4) is 0 Å². The lowest BCUT2D eigenvalue weighted by molar-refractivity contribution is -0.153. The third-order valence-corrected chi connectivity index (χ3v) is 5.50. The van der Waals surface area contributed by atoms with Gasteiger partial charge in [-0.2, -0.15) is 11.8 Å². The summed E-state index contributed by atoms with van der Waals surface area (Å²) in [7, 11) is 0. The van der Waals surface area contributed by atoms with Gasteiger partial charge in [0, 0.05) is 17.8 Å². The summed E-state index contributed by atoms with van der Waals surface area (Å²) in [4.78, 5) is 22.9. The third kappa shape index (κ3) is 3.35. The largest absolute Gasteiger partial charge is 0.481 e. The van der Waals surface area contributed by atoms with Crippen LogP contribution < -0.4 is 10.6 Å². The van der Waals surface area contributed by atoms with Crippen LogP contribution in [0.1, 0.15) is 38.5 Å². The minimum Gasteiger partial charge on any atom is -0.481 e. The van der Waals surface area contributed by atoms with E-state index in [9.17, 15) is 14.7 Å². The SMILES string of the molecule is CSC1CCC(NC(=O)NCC2(C(=O)O)CCC2)C1. The molecule has 108 valence electrons. The number of carboxylic acids is 1. The monoisotopic (exact) mass is 286 g/mol. The molecule has 6 heteroatoms. The molecule has 0 radical (unpaired) electrons. The Hall–Kier alpha value is -0.910. The first-order valence-corrected chi connectivity index (χ1v) is 8.15. The van der Waals surface area contributed by atoms with Crippen molar-refractivity contribution in [2.45, 2.75) is 49.8 Å². The second-order valence-corrected chi connectivity index (χ2v) is 6.77. The highest BCUT2D eigenvalue weighted by Gasteiger charge is 2.44. The molecule has 2 fully saturated rings. The smallest absolute Gasteiger partial charge is 0.315 e. The summed E-state index contributed by atoms with van der Waals surface area (Å²) in [5, 5.41) is 15.5. The summed E-state index contributed by atoms with van der Waals surface area (Å²) in [6.45, 7) is 0.243. The van der Waals surface area contributed by atoms with E-state index in [-0.39, 0.29) is 18.6 Å². The van der Waals surface area contributed by atoms with E-state index in [1.165, 1.54) is 0 Å². The zero-order valence-electron chi connectivity index (χ0n) is 11.3. The van der Waals surface area contributed by atoms with E-state index in [0.29, 0.717) is 18.1 Å². The zero-order valence-corrected chi connectivity index (χ0v) is 12.1. The Morgan fingerprint density at radius 3 is 2.58 bits per heavy atom. The highest BCUT2D eigenvalue weighted by molar-refractivity contribution is 7.99. The molecule has 2 atom stereocenters. The molecular weight excluding hydrogens is 264 g/mol. The molecule has 2 unspecified atom stereocenters. The van der Waals surface area contributed by atoms with E-state index in [1.807, 2.05) is 11.8 Å².